The van der Waals surface area contributed by atoms with Crippen molar-refractivity contribution in [2.75, 3.05) is 34.4 Å². The predicted octanol–water partition coefficient (Wildman–Crippen LogP) is 1.29. The molecule has 0 heterocycles. The van der Waals surface area contributed by atoms with E-state index >= 15 is 0 Å². The molecule has 46 heavy (non-hydrogen) atoms. The number of primary amides is 1. The highest BCUT2D eigenvalue weighted by Crippen LogP contribution is 2.54. The Kier molecular flexibility index (Phi) is 8.69. The fourth-order valence-corrected chi connectivity index (χ4v) is 7.09. The number of likely N-dealkylation sites (N-methyl/N-ethyl adjacent to an activating group) is 1. The highest BCUT2D eigenvalue weighted by molar-refractivity contribution is 6.24. The van der Waals surface area contributed by atoms with Crippen LogP contribution in [0.2, 0.25) is 0 Å². The Balaban J connectivity index is 1.63. The number of Topliss-reactive ketones (excluding diaryl/α,β-unsaturated/α-hetero) is 2. The van der Waals surface area contributed by atoms with Gasteiger partial charge in [-0.25, -0.2) is 0 Å². The summed E-state index contributed by atoms with van der Waals surface area (Å²) in [7, 11) is 4.59. The number of nitrogens with one attached hydrogen (secondary N) is 1. The summed E-state index contributed by atoms with van der Waals surface area (Å²) in [6, 6.07) is 7.28. The molecule has 2 aromatic rings. The lowest BCUT2D eigenvalue weighted by Crippen LogP contribution is -2.65. The van der Waals surface area contributed by atoms with E-state index in [1.165, 1.54) is 18.1 Å². The Labute approximate surface area is 264 Å². The SMILES string of the molecule is CCOC(=O)CNCc1ccc(OC)c(-c2ccc(O)c3c2C[C@H]2C[C@H]4[C@H](N(C)C)C(=O)C(C(N)=O)=C(O)[C@@]4(O)C(=O)C2=C3O)c1. The van der Waals surface area contributed by atoms with Crippen LogP contribution in [0, 0.1) is 11.8 Å². The van der Waals surface area contributed by atoms with Crippen LogP contribution in [0.3, 0.4) is 0 Å². The number of phenolic OH excluding ortho intramolecular Hbond substituents is 1. The van der Waals surface area contributed by atoms with Crippen molar-refractivity contribution >= 4 is 29.2 Å². The smallest absolute Gasteiger partial charge is 0.319 e. The van der Waals surface area contributed by atoms with Gasteiger partial charge in [-0.1, -0.05) is 12.1 Å². The van der Waals surface area contributed by atoms with Gasteiger partial charge in [0.15, 0.2) is 11.4 Å². The van der Waals surface area contributed by atoms with Crippen molar-refractivity contribution in [3.05, 3.63) is 63.9 Å². The molecule has 4 atom stereocenters. The number of nitrogens with two attached hydrogens (primary N) is 1. The van der Waals surface area contributed by atoms with E-state index in [2.05, 4.69) is 5.32 Å². The standard InChI is InChI=1S/C33H37N3O10/c1-5-46-23(38)14-35-13-15-6-9-22(45-4)18(10-15)17-7-8-21(37)25-19(17)11-16-12-20-27(36(2)3)29(40)26(32(34)43)31(42)33(20,44)30(41)24(16)28(25)39/h6-10,16,20,27,35,37,39,42,44H,5,11-14H2,1-4H3,(H2,34,43)/t16-,20-,27-,33-/m0/s1. The number of phenols is 1. The molecule has 13 heteroatoms. The third kappa shape index (κ3) is 5.10. The summed E-state index contributed by atoms with van der Waals surface area (Å²) in [6.07, 6.45) is 0.0859. The zero-order valence-corrected chi connectivity index (χ0v) is 25.9. The minimum Gasteiger partial charge on any atom is -0.508 e. The van der Waals surface area contributed by atoms with Crippen molar-refractivity contribution in [2.24, 2.45) is 17.6 Å². The number of aliphatic hydroxyl groups is 3. The van der Waals surface area contributed by atoms with Gasteiger partial charge in [0, 0.05) is 23.6 Å². The molecule has 1 saturated carbocycles. The second kappa shape index (κ2) is 12.2. The lowest BCUT2D eigenvalue weighted by molar-refractivity contribution is -0.153. The number of carbonyl (C=O) groups is 4. The maximum atomic E-state index is 14.1. The quantitative estimate of drug-likeness (QED) is 0.170. The van der Waals surface area contributed by atoms with Crippen molar-refractivity contribution in [1.82, 2.24) is 10.2 Å². The van der Waals surface area contributed by atoms with Crippen molar-refractivity contribution in [3.8, 4) is 22.6 Å². The summed E-state index contributed by atoms with van der Waals surface area (Å²) in [5.41, 5.74) is 4.07. The van der Waals surface area contributed by atoms with Gasteiger partial charge >= 0.3 is 5.97 Å². The van der Waals surface area contributed by atoms with Crippen LogP contribution in [-0.4, -0.2) is 94.8 Å². The number of aliphatic hydroxyl groups excluding tert-OH is 2. The highest BCUT2D eigenvalue weighted by Gasteiger charge is 2.64. The lowest BCUT2D eigenvalue weighted by Gasteiger charge is -2.50. The predicted molar refractivity (Wildman–Crippen MR) is 165 cm³/mol. The second-order valence-corrected chi connectivity index (χ2v) is 11.9. The number of nitrogens with zero attached hydrogens (tertiary/aromatic N) is 1. The summed E-state index contributed by atoms with van der Waals surface area (Å²) in [4.78, 5) is 52.9. The number of ketones is 2. The van der Waals surface area contributed by atoms with E-state index in [-0.39, 0.29) is 48.8 Å². The third-order valence-corrected chi connectivity index (χ3v) is 9.06. The Hall–Kier alpha value is -4.72. The summed E-state index contributed by atoms with van der Waals surface area (Å²) >= 11 is 0. The minimum atomic E-state index is -2.72. The van der Waals surface area contributed by atoms with E-state index in [0.717, 1.165) is 5.56 Å². The van der Waals surface area contributed by atoms with Gasteiger partial charge in [0.05, 0.1) is 31.9 Å². The number of aromatic hydroxyl groups is 1. The highest BCUT2D eigenvalue weighted by atomic mass is 16.5. The molecule has 0 spiro atoms. The zero-order chi connectivity index (χ0) is 33.7. The summed E-state index contributed by atoms with van der Waals surface area (Å²) in [5, 5.41) is 48.4. The van der Waals surface area contributed by atoms with Gasteiger partial charge in [-0.3, -0.25) is 24.1 Å². The molecule has 3 aliphatic carbocycles. The molecule has 0 unspecified atom stereocenters. The van der Waals surface area contributed by atoms with E-state index < -0.39 is 58.0 Å². The number of rotatable bonds is 9. The van der Waals surface area contributed by atoms with E-state index in [9.17, 15) is 39.6 Å². The van der Waals surface area contributed by atoms with Crippen molar-refractivity contribution in [1.29, 1.82) is 0 Å². The fourth-order valence-electron chi connectivity index (χ4n) is 7.09. The first-order valence-corrected chi connectivity index (χ1v) is 14.8. The summed E-state index contributed by atoms with van der Waals surface area (Å²) in [6.45, 7) is 2.33. The number of hydrogen-bond acceptors (Lipinski definition) is 12. The van der Waals surface area contributed by atoms with Gasteiger partial charge in [0.1, 0.15) is 28.6 Å². The largest absolute Gasteiger partial charge is 0.508 e. The minimum absolute atomic E-state index is 0.0105. The fraction of sp³-hybridized carbons (Fsp3) is 0.394. The van der Waals surface area contributed by atoms with E-state index in [1.807, 2.05) is 12.1 Å². The molecule has 13 nitrogen and oxygen atoms in total. The molecule has 3 aliphatic rings. The molecule has 5 rings (SSSR count). The second-order valence-electron chi connectivity index (χ2n) is 11.9. The van der Waals surface area contributed by atoms with Crippen LogP contribution < -0.4 is 15.8 Å². The van der Waals surface area contributed by atoms with Gasteiger partial charge in [-0.2, -0.15) is 0 Å². The number of fused-ring (bicyclic) bond motifs is 3. The molecule has 7 N–H and O–H groups in total. The lowest BCUT2D eigenvalue weighted by atomic mass is 9.57. The molecular weight excluding hydrogens is 598 g/mol. The Bertz CT molecular complexity index is 1710. The van der Waals surface area contributed by atoms with Crippen molar-refractivity contribution < 1.29 is 49.1 Å². The van der Waals surface area contributed by atoms with Gasteiger partial charge in [-0.05, 0) is 74.7 Å². The van der Waals surface area contributed by atoms with Crippen LogP contribution in [0.15, 0.2) is 47.2 Å². The molecule has 0 aromatic heterocycles. The first kappa shape index (κ1) is 32.7. The first-order chi connectivity index (χ1) is 21.8. The Morgan fingerprint density at radius 3 is 2.46 bits per heavy atom. The van der Waals surface area contributed by atoms with Crippen LogP contribution in [-0.2, 0) is 36.9 Å². The summed E-state index contributed by atoms with van der Waals surface area (Å²) in [5.74, 6) is -7.05. The van der Waals surface area contributed by atoms with Crippen LogP contribution in [0.5, 0.6) is 11.5 Å². The molecule has 2 aromatic carbocycles. The van der Waals surface area contributed by atoms with E-state index in [4.69, 9.17) is 15.2 Å². The zero-order valence-electron chi connectivity index (χ0n) is 25.9. The van der Waals surface area contributed by atoms with Crippen molar-refractivity contribution in [3.63, 3.8) is 0 Å². The number of carbonyl (C=O) groups excluding carboxylic acids is 4. The summed E-state index contributed by atoms with van der Waals surface area (Å²) < 4.78 is 10.6. The molecule has 1 fully saturated rings. The molecule has 244 valence electrons. The van der Waals surface area contributed by atoms with Crippen LogP contribution in [0.25, 0.3) is 16.9 Å². The Morgan fingerprint density at radius 1 is 1.11 bits per heavy atom. The Morgan fingerprint density at radius 2 is 1.83 bits per heavy atom. The van der Waals surface area contributed by atoms with Gasteiger partial charge in [-0.15, -0.1) is 0 Å². The molecule has 0 radical (unpaired) electrons. The monoisotopic (exact) mass is 635 g/mol. The average Bonchev–Trinajstić information content (AvgIpc) is 2.99. The van der Waals surface area contributed by atoms with Crippen LogP contribution in [0.1, 0.15) is 30.0 Å². The average molecular weight is 636 g/mol. The molecule has 0 bridgehead atoms. The van der Waals surface area contributed by atoms with Gasteiger partial charge in [0.2, 0.25) is 5.78 Å². The van der Waals surface area contributed by atoms with Gasteiger partial charge < -0.3 is 41.0 Å². The van der Waals surface area contributed by atoms with Gasteiger partial charge in [0.25, 0.3) is 5.91 Å². The molecular formula is C33H37N3O10. The third-order valence-electron chi connectivity index (χ3n) is 9.06. The number of ether oxygens (including phenoxy) is 2. The maximum absolute atomic E-state index is 14.1. The molecule has 0 aliphatic heterocycles. The van der Waals surface area contributed by atoms with Crippen LogP contribution >= 0.6 is 0 Å². The number of benzene rings is 2. The first-order valence-electron chi connectivity index (χ1n) is 14.8. The van der Waals surface area contributed by atoms with E-state index in [1.54, 1.807) is 33.2 Å². The van der Waals surface area contributed by atoms with E-state index in [0.29, 0.717) is 29.0 Å². The topological polar surface area (TPSA) is 209 Å². The molecule has 0 saturated heterocycles. The number of hydrogen-bond donors (Lipinski definition) is 6. The maximum Gasteiger partial charge on any atom is 0.319 e. The number of esters is 1. The normalized spacial score (nSPS) is 24.0. The van der Waals surface area contributed by atoms with Crippen molar-refractivity contribution in [2.45, 2.75) is 38.0 Å². The van der Waals surface area contributed by atoms with Crippen LogP contribution in [0.4, 0.5) is 0 Å². The number of amides is 1. The molecule has 1 amide bonds. The number of methoxy groups -OCH3 is 1.